The van der Waals surface area contributed by atoms with Crippen molar-refractivity contribution in [2.24, 2.45) is 5.73 Å². The average molecular weight is 168 g/mol. The summed E-state index contributed by atoms with van der Waals surface area (Å²) in [5, 5.41) is 7.18. The molecule has 66 valence electrons. The lowest BCUT2D eigenvalue weighted by Gasteiger charge is -2.00. The van der Waals surface area contributed by atoms with Crippen LogP contribution < -0.4 is 5.73 Å². The van der Waals surface area contributed by atoms with Crippen LogP contribution in [0.2, 0.25) is 0 Å². The summed E-state index contributed by atoms with van der Waals surface area (Å²) in [6.07, 6.45) is 5.82. The Labute approximate surface area is 71.6 Å². The Morgan fingerprint density at radius 3 is 2.83 bits per heavy atom. The van der Waals surface area contributed by atoms with Crippen LogP contribution in [0, 0.1) is 17.8 Å². The first kappa shape index (κ1) is 10.7. The Hall–Kier alpha value is -1.34. The largest absolute Gasteiger partial charge is 0.448 e. The highest BCUT2D eigenvalue weighted by atomic mass is 16.5. The van der Waals surface area contributed by atoms with E-state index in [-0.39, 0.29) is 12.3 Å². The molecule has 0 fully saturated rings. The number of nitrogens with two attached hydrogens (primary N) is 1. The second-order valence-electron chi connectivity index (χ2n) is 2.15. The van der Waals surface area contributed by atoms with Crippen molar-refractivity contribution in [3.8, 4) is 12.3 Å². The fourth-order valence-corrected chi connectivity index (χ4v) is 0.575. The minimum atomic E-state index is -0.651. The minimum Gasteiger partial charge on any atom is -0.448 e. The molecular formula is C8H12N2O2. The highest BCUT2D eigenvalue weighted by molar-refractivity contribution is 6.35. The van der Waals surface area contributed by atoms with E-state index in [1.54, 1.807) is 0 Å². The fraction of sp³-hybridized carbons (Fsp3) is 0.500. The number of rotatable bonds is 5. The summed E-state index contributed by atoms with van der Waals surface area (Å²) in [6.45, 7) is 0.384. The molecule has 0 atom stereocenters. The van der Waals surface area contributed by atoms with Gasteiger partial charge in [0.05, 0.1) is 0 Å². The summed E-state index contributed by atoms with van der Waals surface area (Å²) in [5.74, 6) is 1.49. The van der Waals surface area contributed by atoms with Gasteiger partial charge in [0.2, 0.25) is 0 Å². The lowest BCUT2D eigenvalue weighted by Crippen LogP contribution is -2.17. The van der Waals surface area contributed by atoms with E-state index < -0.39 is 5.97 Å². The molecule has 4 heteroatoms. The number of nitrogens with one attached hydrogen (secondary N) is 1. The number of hydrogen-bond acceptors (Lipinski definition) is 4. The van der Waals surface area contributed by atoms with Crippen molar-refractivity contribution < 1.29 is 9.53 Å². The zero-order chi connectivity index (χ0) is 9.40. The molecule has 0 spiro atoms. The van der Waals surface area contributed by atoms with E-state index in [1.807, 2.05) is 0 Å². The molecule has 0 aromatic carbocycles. The summed E-state index contributed by atoms with van der Waals surface area (Å²) in [6, 6.07) is 0. The lowest BCUT2D eigenvalue weighted by molar-refractivity contribution is -0.134. The zero-order valence-corrected chi connectivity index (χ0v) is 6.80. The van der Waals surface area contributed by atoms with Crippen LogP contribution in [0.15, 0.2) is 0 Å². The highest BCUT2D eigenvalue weighted by Crippen LogP contribution is 1.91. The third kappa shape index (κ3) is 4.47. The Kier molecular flexibility index (Phi) is 5.66. The van der Waals surface area contributed by atoms with Gasteiger partial charge in [-0.05, 0) is 19.4 Å². The van der Waals surface area contributed by atoms with Gasteiger partial charge in [0, 0.05) is 0 Å². The van der Waals surface area contributed by atoms with E-state index in [2.05, 4.69) is 10.7 Å². The molecule has 0 aliphatic carbocycles. The van der Waals surface area contributed by atoms with Crippen molar-refractivity contribution in [1.82, 2.24) is 0 Å². The molecule has 3 N–H and O–H groups in total. The normalized spacial score (nSPS) is 8.67. The Balaban J connectivity index is 3.64. The number of terminal acetylenes is 1. The van der Waals surface area contributed by atoms with Crippen LogP contribution in [0.4, 0.5) is 0 Å². The third-order valence-electron chi connectivity index (χ3n) is 1.16. The molecule has 12 heavy (non-hydrogen) atoms. The average Bonchev–Trinajstić information content (AvgIpc) is 2.10. The van der Waals surface area contributed by atoms with E-state index in [9.17, 15) is 4.79 Å². The summed E-state index contributed by atoms with van der Waals surface area (Å²) in [5.41, 5.74) is 5.12. The summed E-state index contributed by atoms with van der Waals surface area (Å²) in [7, 11) is 0. The summed E-state index contributed by atoms with van der Waals surface area (Å²) < 4.78 is 4.51. The maximum atomic E-state index is 10.8. The molecule has 0 aliphatic rings. The molecular weight excluding hydrogens is 156 g/mol. The molecule has 0 amide bonds. The lowest BCUT2D eigenvalue weighted by atomic mass is 10.2. The predicted octanol–water partition coefficient (Wildman–Crippen LogP) is -0.0785. The summed E-state index contributed by atoms with van der Waals surface area (Å²) >= 11 is 0. The van der Waals surface area contributed by atoms with Crippen LogP contribution >= 0.6 is 0 Å². The molecule has 0 saturated carbocycles. The van der Waals surface area contributed by atoms with Gasteiger partial charge in [-0.15, -0.1) is 6.42 Å². The minimum absolute atomic E-state index is 0.0734. The SMILES string of the molecule is C#CCOC(=O)C(=N)CCCN. The van der Waals surface area contributed by atoms with E-state index in [4.69, 9.17) is 17.6 Å². The molecule has 0 saturated heterocycles. The quantitative estimate of drug-likeness (QED) is 0.342. The number of carbonyl (C=O) groups is 1. The van der Waals surface area contributed by atoms with E-state index in [1.165, 1.54) is 0 Å². The van der Waals surface area contributed by atoms with Gasteiger partial charge in [0.15, 0.2) is 6.61 Å². The third-order valence-corrected chi connectivity index (χ3v) is 1.16. The van der Waals surface area contributed by atoms with E-state index in [0.717, 1.165) is 0 Å². The van der Waals surface area contributed by atoms with E-state index in [0.29, 0.717) is 19.4 Å². The number of carbonyl (C=O) groups excluding carboxylic acids is 1. The van der Waals surface area contributed by atoms with Crippen molar-refractivity contribution in [3.63, 3.8) is 0 Å². The molecule has 0 bridgehead atoms. The maximum absolute atomic E-state index is 10.8. The molecule has 0 aliphatic heterocycles. The van der Waals surface area contributed by atoms with Crippen molar-refractivity contribution in [2.45, 2.75) is 12.8 Å². The van der Waals surface area contributed by atoms with Crippen LogP contribution in [-0.4, -0.2) is 24.8 Å². The molecule has 0 rings (SSSR count). The van der Waals surface area contributed by atoms with Crippen molar-refractivity contribution in [2.75, 3.05) is 13.2 Å². The van der Waals surface area contributed by atoms with E-state index >= 15 is 0 Å². The molecule has 4 nitrogen and oxygen atoms in total. The molecule has 0 unspecified atom stereocenters. The van der Waals surface area contributed by atoms with Gasteiger partial charge in [0.1, 0.15) is 5.71 Å². The van der Waals surface area contributed by atoms with Gasteiger partial charge in [-0.2, -0.15) is 0 Å². The first-order chi connectivity index (χ1) is 5.72. The highest BCUT2D eigenvalue weighted by Gasteiger charge is 2.08. The monoisotopic (exact) mass is 168 g/mol. The van der Waals surface area contributed by atoms with Crippen LogP contribution in [0.3, 0.4) is 0 Å². The fourth-order valence-electron chi connectivity index (χ4n) is 0.575. The zero-order valence-electron chi connectivity index (χ0n) is 6.80. The van der Waals surface area contributed by atoms with Gasteiger partial charge in [-0.25, -0.2) is 4.79 Å². The molecule has 0 heterocycles. The first-order valence-electron chi connectivity index (χ1n) is 3.60. The second kappa shape index (κ2) is 6.38. The number of ether oxygens (including phenoxy) is 1. The molecule has 0 aromatic heterocycles. The van der Waals surface area contributed by atoms with Gasteiger partial charge >= 0.3 is 5.97 Å². The van der Waals surface area contributed by atoms with Gasteiger partial charge in [-0.3, -0.25) is 5.41 Å². The van der Waals surface area contributed by atoms with Crippen LogP contribution in [0.1, 0.15) is 12.8 Å². The second-order valence-corrected chi connectivity index (χ2v) is 2.15. The Morgan fingerprint density at radius 2 is 2.33 bits per heavy atom. The van der Waals surface area contributed by atoms with Crippen molar-refractivity contribution in [3.05, 3.63) is 0 Å². The number of esters is 1. The number of hydrogen-bond donors (Lipinski definition) is 2. The summed E-state index contributed by atoms with van der Waals surface area (Å²) in [4.78, 5) is 10.8. The van der Waals surface area contributed by atoms with Gasteiger partial charge < -0.3 is 10.5 Å². The van der Waals surface area contributed by atoms with Crippen molar-refractivity contribution in [1.29, 1.82) is 5.41 Å². The molecule has 0 radical (unpaired) electrons. The Bertz CT molecular complexity index is 206. The van der Waals surface area contributed by atoms with Crippen LogP contribution in [0.5, 0.6) is 0 Å². The standard InChI is InChI=1S/C8H12N2O2/c1-2-6-12-8(11)7(10)4-3-5-9/h1,10H,3-6,9H2. The van der Waals surface area contributed by atoms with Crippen LogP contribution in [-0.2, 0) is 9.53 Å². The maximum Gasteiger partial charge on any atom is 0.352 e. The van der Waals surface area contributed by atoms with Crippen LogP contribution in [0.25, 0.3) is 0 Å². The smallest absolute Gasteiger partial charge is 0.352 e. The van der Waals surface area contributed by atoms with Gasteiger partial charge in [0.25, 0.3) is 0 Å². The van der Waals surface area contributed by atoms with Crippen molar-refractivity contribution >= 4 is 11.7 Å². The first-order valence-corrected chi connectivity index (χ1v) is 3.60. The topological polar surface area (TPSA) is 76.2 Å². The van der Waals surface area contributed by atoms with Gasteiger partial charge in [-0.1, -0.05) is 5.92 Å². The molecule has 0 aromatic rings. The Morgan fingerprint density at radius 1 is 1.67 bits per heavy atom. The predicted molar refractivity (Wildman–Crippen MR) is 45.8 cm³/mol.